The third-order valence-corrected chi connectivity index (χ3v) is 2.55. The number of para-hydroxylation sites is 1. The van der Waals surface area contributed by atoms with Crippen LogP contribution < -0.4 is 20.9 Å². The Bertz CT molecular complexity index is 384. The number of rotatable bonds is 5. The standard InChI is InChI=1S/C10H13BrN2O3/c1-15-8-4-2-3-6(11)9(8)16-5-7(12)10(13)14/h2-4,7H,5,12H2,1H3,(H2,13,14). The van der Waals surface area contributed by atoms with Crippen molar-refractivity contribution < 1.29 is 14.3 Å². The second-order valence-corrected chi connectivity index (χ2v) is 3.95. The molecule has 0 fully saturated rings. The molecule has 6 heteroatoms. The molecule has 0 radical (unpaired) electrons. The van der Waals surface area contributed by atoms with Gasteiger partial charge in [0.1, 0.15) is 12.6 Å². The molecule has 0 aliphatic rings. The largest absolute Gasteiger partial charge is 0.493 e. The molecule has 5 nitrogen and oxygen atoms in total. The van der Waals surface area contributed by atoms with Crippen molar-refractivity contribution in [1.82, 2.24) is 0 Å². The Morgan fingerprint density at radius 2 is 2.25 bits per heavy atom. The fourth-order valence-corrected chi connectivity index (χ4v) is 1.51. The van der Waals surface area contributed by atoms with Gasteiger partial charge < -0.3 is 20.9 Å². The Morgan fingerprint density at radius 1 is 1.56 bits per heavy atom. The van der Waals surface area contributed by atoms with E-state index in [0.29, 0.717) is 11.5 Å². The molecule has 1 rings (SSSR count). The van der Waals surface area contributed by atoms with Crippen LogP contribution in [-0.2, 0) is 4.79 Å². The van der Waals surface area contributed by atoms with Gasteiger partial charge in [0.25, 0.3) is 0 Å². The molecule has 1 atom stereocenters. The average molecular weight is 289 g/mol. The van der Waals surface area contributed by atoms with Gasteiger partial charge in [-0.15, -0.1) is 0 Å². The molecule has 1 aromatic rings. The van der Waals surface area contributed by atoms with Crippen LogP contribution in [0.1, 0.15) is 0 Å². The van der Waals surface area contributed by atoms with E-state index in [1.165, 1.54) is 7.11 Å². The van der Waals surface area contributed by atoms with Crippen molar-refractivity contribution in [3.8, 4) is 11.5 Å². The summed E-state index contributed by atoms with van der Waals surface area (Å²) in [5.74, 6) is 0.457. The fraction of sp³-hybridized carbons (Fsp3) is 0.300. The number of carbonyl (C=O) groups excluding carboxylic acids is 1. The monoisotopic (exact) mass is 288 g/mol. The summed E-state index contributed by atoms with van der Waals surface area (Å²) in [4.78, 5) is 10.7. The summed E-state index contributed by atoms with van der Waals surface area (Å²) in [6.45, 7) is 0.00824. The van der Waals surface area contributed by atoms with Gasteiger partial charge in [0.05, 0.1) is 11.6 Å². The Labute approximate surface area is 102 Å². The van der Waals surface area contributed by atoms with Crippen LogP contribution in [0, 0.1) is 0 Å². The van der Waals surface area contributed by atoms with Gasteiger partial charge in [-0.2, -0.15) is 0 Å². The van der Waals surface area contributed by atoms with Crippen molar-refractivity contribution in [2.24, 2.45) is 11.5 Å². The van der Waals surface area contributed by atoms with Crippen molar-refractivity contribution in [3.05, 3.63) is 22.7 Å². The number of nitrogens with two attached hydrogens (primary N) is 2. The third-order valence-electron chi connectivity index (χ3n) is 1.92. The zero-order valence-corrected chi connectivity index (χ0v) is 10.4. The molecule has 4 N–H and O–H groups in total. The lowest BCUT2D eigenvalue weighted by molar-refractivity contribution is -0.119. The number of halogens is 1. The lowest BCUT2D eigenvalue weighted by Gasteiger charge is -2.14. The number of methoxy groups -OCH3 is 1. The highest BCUT2D eigenvalue weighted by molar-refractivity contribution is 9.10. The molecule has 0 aliphatic heterocycles. The lowest BCUT2D eigenvalue weighted by atomic mass is 10.3. The molecule has 0 aromatic heterocycles. The van der Waals surface area contributed by atoms with Gasteiger partial charge in [-0.25, -0.2) is 0 Å². The number of hydrogen-bond acceptors (Lipinski definition) is 4. The van der Waals surface area contributed by atoms with Gasteiger partial charge in [-0.3, -0.25) is 4.79 Å². The molecule has 1 unspecified atom stereocenters. The van der Waals surface area contributed by atoms with E-state index in [0.717, 1.165) is 4.47 Å². The van der Waals surface area contributed by atoms with E-state index in [1.54, 1.807) is 12.1 Å². The summed E-state index contributed by atoms with van der Waals surface area (Å²) in [5.41, 5.74) is 10.5. The Kier molecular flexibility index (Phi) is 4.57. The topological polar surface area (TPSA) is 87.6 Å². The van der Waals surface area contributed by atoms with Gasteiger partial charge in [0.2, 0.25) is 5.91 Å². The molecule has 88 valence electrons. The maximum atomic E-state index is 10.7. The molecule has 16 heavy (non-hydrogen) atoms. The first-order valence-corrected chi connectivity index (χ1v) is 5.35. The number of ether oxygens (including phenoxy) is 2. The van der Waals surface area contributed by atoms with Crippen LogP contribution >= 0.6 is 15.9 Å². The maximum Gasteiger partial charge on any atom is 0.237 e. The highest BCUT2D eigenvalue weighted by Crippen LogP contribution is 2.34. The second-order valence-electron chi connectivity index (χ2n) is 3.09. The normalized spacial score (nSPS) is 11.9. The van der Waals surface area contributed by atoms with E-state index in [-0.39, 0.29) is 6.61 Å². The smallest absolute Gasteiger partial charge is 0.237 e. The summed E-state index contributed by atoms with van der Waals surface area (Å²) in [5, 5.41) is 0. The maximum absolute atomic E-state index is 10.7. The molecule has 1 amide bonds. The van der Waals surface area contributed by atoms with Crippen molar-refractivity contribution in [2.75, 3.05) is 13.7 Å². The Balaban J connectivity index is 2.76. The minimum atomic E-state index is -0.836. The molecule has 0 heterocycles. The van der Waals surface area contributed by atoms with E-state index in [1.807, 2.05) is 6.07 Å². The number of benzene rings is 1. The van der Waals surface area contributed by atoms with Gasteiger partial charge >= 0.3 is 0 Å². The first kappa shape index (κ1) is 12.8. The van der Waals surface area contributed by atoms with Gasteiger partial charge in [-0.1, -0.05) is 6.07 Å². The van der Waals surface area contributed by atoms with E-state index >= 15 is 0 Å². The number of carbonyl (C=O) groups is 1. The molecule has 0 saturated heterocycles. The molecular formula is C10H13BrN2O3. The van der Waals surface area contributed by atoms with Crippen LogP contribution in [0.3, 0.4) is 0 Å². The summed E-state index contributed by atoms with van der Waals surface area (Å²) in [7, 11) is 1.53. The SMILES string of the molecule is COc1cccc(Br)c1OCC(N)C(N)=O. The molecule has 0 spiro atoms. The molecule has 1 aromatic carbocycles. The summed E-state index contributed by atoms with van der Waals surface area (Å²) < 4.78 is 11.2. The predicted molar refractivity (Wildman–Crippen MR) is 63.4 cm³/mol. The van der Waals surface area contributed by atoms with Gasteiger partial charge in [-0.05, 0) is 28.1 Å². The van der Waals surface area contributed by atoms with Crippen LogP contribution in [0.15, 0.2) is 22.7 Å². The first-order chi connectivity index (χ1) is 7.56. The number of amides is 1. The minimum Gasteiger partial charge on any atom is -0.493 e. The number of primary amides is 1. The van der Waals surface area contributed by atoms with Crippen molar-refractivity contribution in [3.63, 3.8) is 0 Å². The van der Waals surface area contributed by atoms with E-state index in [4.69, 9.17) is 20.9 Å². The first-order valence-electron chi connectivity index (χ1n) is 4.56. The fourth-order valence-electron chi connectivity index (χ4n) is 1.05. The van der Waals surface area contributed by atoms with Crippen LogP contribution in [0.5, 0.6) is 11.5 Å². The zero-order chi connectivity index (χ0) is 12.1. The highest BCUT2D eigenvalue weighted by atomic mass is 79.9. The van der Waals surface area contributed by atoms with Crippen molar-refractivity contribution in [1.29, 1.82) is 0 Å². The average Bonchev–Trinajstić information content (AvgIpc) is 2.26. The van der Waals surface area contributed by atoms with Gasteiger partial charge in [0, 0.05) is 0 Å². The second kappa shape index (κ2) is 5.72. The summed E-state index contributed by atoms with van der Waals surface area (Å²) in [6.07, 6.45) is 0. The summed E-state index contributed by atoms with van der Waals surface area (Å²) in [6, 6.07) is 4.52. The minimum absolute atomic E-state index is 0.00824. The van der Waals surface area contributed by atoms with Crippen LogP contribution in [-0.4, -0.2) is 25.7 Å². The molecule has 0 saturated carbocycles. The lowest BCUT2D eigenvalue weighted by Crippen LogP contribution is -2.41. The van der Waals surface area contributed by atoms with E-state index < -0.39 is 11.9 Å². The predicted octanol–water partition coefficient (Wildman–Crippen LogP) is 0.649. The summed E-state index contributed by atoms with van der Waals surface area (Å²) >= 11 is 3.31. The van der Waals surface area contributed by atoms with E-state index in [2.05, 4.69) is 15.9 Å². The molecule has 0 bridgehead atoms. The molecule has 0 aliphatic carbocycles. The Hall–Kier alpha value is -1.27. The van der Waals surface area contributed by atoms with Gasteiger partial charge in [0.15, 0.2) is 11.5 Å². The van der Waals surface area contributed by atoms with Crippen molar-refractivity contribution in [2.45, 2.75) is 6.04 Å². The van der Waals surface area contributed by atoms with Crippen LogP contribution in [0.25, 0.3) is 0 Å². The van der Waals surface area contributed by atoms with Crippen LogP contribution in [0.4, 0.5) is 0 Å². The highest BCUT2D eigenvalue weighted by Gasteiger charge is 2.13. The zero-order valence-electron chi connectivity index (χ0n) is 8.77. The quantitative estimate of drug-likeness (QED) is 0.833. The van der Waals surface area contributed by atoms with Crippen LogP contribution in [0.2, 0.25) is 0 Å². The van der Waals surface area contributed by atoms with Crippen molar-refractivity contribution >= 4 is 21.8 Å². The number of hydrogen-bond donors (Lipinski definition) is 2. The third kappa shape index (κ3) is 3.11. The van der Waals surface area contributed by atoms with E-state index in [9.17, 15) is 4.79 Å². The molecular weight excluding hydrogens is 276 g/mol. The Morgan fingerprint density at radius 3 is 2.81 bits per heavy atom.